The van der Waals surface area contributed by atoms with Crippen molar-refractivity contribution in [3.05, 3.63) is 35.4 Å². The first-order valence-corrected chi connectivity index (χ1v) is 4.75. The van der Waals surface area contributed by atoms with E-state index in [0.717, 1.165) is 5.56 Å². The molecule has 0 atom stereocenters. The van der Waals surface area contributed by atoms with Crippen molar-refractivity contribution in [2.24, 2.45) is 7.05 Å². The molecular weight excluding hydrogens is 204 g/mol. The Morgan fingerprint density at radius 3 is 2.69 bits per heavy atom. The van der Waals surface area contributed by atoms with Gasteiger partial charge in [-0.1, -0.05) is 17.2 Å². The maximum atomic E-state index is 8.65. The average molecular weight is 214 g/mol. The van der Waals surface area contributed by atoms with Crippen LogP contribution in [0.25, 0.3) is 0 Å². The summed E-state index contributed by atoms with van der Waals surface area (Å²) in [6.07, 6.45) is 0. The van der Waals surface area contributed by atoms with Gasteiger partial charge in [0.1, 0.15) is 0 Å². The van der Waals surface area contributed by atoms with Gasteiger partial charge >= 0.3 is 0 Å². The Labute approximate surface area is 92.5 Å². The summed E-state index contributed by atoms with van der Waals surface area (Å²) in [5.74, 6) is 0.615. The highest BCUT2D eigenvalue weighted by Crippen LogP contribution is 2.05. The van der Waals surface area contributed by atoms with E-state index in [9.17, 15) is 0 Å². The zero-order valence-corrected chi connectivity index (χ0v) is 8.75. The molecular formula is C10H10N6. The van der Waals surface area contributed by atoms with Gasteiger partial charge in [0.2, 0.25) is 5.95 Å². The number of tetrazole rings is 1. The van der Waals surface area contributed by atoms with Crippen molar-refractivity contribution in [2.75, 3.05) is 5.32 Å². The molecule has 0 aliphatic heterocycles. The molecule has 0 aliphatic rings. The van der Waals surface area contributed by atoms with Gasteiger partial charge in [-0.05, 0) is 28.1 Å². The number of aromatic nitrogens is 4. The minimum absolute atomic E-state index is 0.615. The van der Waals surface area contributed by atoms with Crippen LogP contribution in [0.15, 0.2) is 24.3 Å². The first kappa shape index (κ1) is 10.1. The lowest BCUT2D eigenvalue weighted by molar-refractivity contribution is 0.712. The van der Waals surface area contributed by atoms with E-state index in [1.54, 1.807) is 23.9 Å². The van der Waals surface area contributed by atoms with Crippen molar-refractivity contribution >= 4 is 5.95 Å². The van der Waals surface area contributed by atoms with Crippen molar-refractivity contribution in [1.29, 1.82) is 5.26 Å². The average Bonchev–Trinajstić information content (AvgIpc) is 2.73. The van der Waals surface area contributed by atoms with E-state index in [2.05, 4.69) is 26.9 Å². The quantitative estimate of drug-likeness (QED) is 0.813. The standard InChI is InChI=1S/C10H10N6/c1-16-10(13-14-15-16)12-7-9-4-2-8(6-11)3-5-9/h2-5H,7H2,1H3,(H,12,13,15). The van der Waals surface area contributed by atoms with E-state index in [-0.39, 0.29) is 0 Å². The molecule has 0 radical (unpaired) electrons. The number of nitrogens with one attached hydrogen (secondary N) is 1. The van der Waals surface area contributed by atoms with Gasteiger partial charge < -0.3 is 5.32 Å². The molecule has 6 nitrogen and oxygen atoms in total. The fourth-order valence-corrected chi connectivity index (χ4v) is 1.26. The van der Waals surface area contributed by atoms with E-state index in [1.165, 1.54) is 0 Å². The Balaban J connectivity index is 2.00. The highest BCUT2D eigenvalue weighted by Gasteiger charge is 2.00. The normalized spacial score (nSPS) is 9.75. The molecule has 1 aromatic heterocycles. The van der Waals surface area contributed by atoms with Gasteiger partial charge in [0.15, 0.2) is 0 Å². The Kier molecular flexibility index (Phi) is 2.78. The Bertz CT molecular complexity index is 507. The van der Waals surface area contributed by atoms with Gasteiger partial charge in [-0.3, -0.25) is 0 Å². The molecule has 0 saturated carbocycles. The van der Waals surface area contributed by atoms with Gasteiger partial charge in [-0.2, -0.15) is 5.26 Å². The van der Waals surface area contributed by atoms with Crippen molar-refractivity contribution in [1.82, 2.24) is 20.2 Å². The molecule has 0 spiro atoms. The fourth-order valence-electron chi connectivity index (χ4n) is 1.26. The van der Waals surface area contributed by atoms with Gasteiger partial charge in [-0.15, -0.1) is 0 Å². The first-order chi connectivity index (χ1) is 7.79. The topological polar surface area (TPSA) is 79.4 Å². The summed E-state index contributed by atoms with van der Waals surface area (Å²) < 4.78 is 1.56. The van der Waals surface area contributed by atoms with Crippen LogP contribution in [0.4, 0.5) is 5.95 Å². The minimum atomic E-state index is 0.615. The van der Waals surface area contributed by atoms with Crippen LogP contribution in [-0.4, -0.2) is 20.2 Å². The summed E-state index contributed by atoms with van der Waals surface area (Å²) in [6.45, 7) is 0.625. The summed E-state index contributed by atoms with van der Waals surface area (Å²) in [5.41, 5.74) is 1.73. The van der Waals surface area contributed by atoms with Crippen LogP contribution in [-0.2, 0) is 13.6 Å². The summed E-state index contributed by atoms with van der Waals surface area (Å²) in [5, 5.41) is 22.8. The van der Waals surface area contributed by atoms with Crippen LogP contribution in [0.5, 0.6) is 0 Å². The zero-order valence-electron chi connectivity index (χ0n) is 8.75. The fraction of sp³-hybridized carbons (Fsp3) is 0.200. The summed E-state index contributed by atoms with van der Waals surface area (Å²) in [4.78, 5) is 0. The molecule has 0 saturated heterocycles. The molecule has 6 heteroatoms. The lowest BCUT2D eigenvalue weighted by atomic mass is 10.1. The van der Waals surface area contributed by atoms with Crippen LogP contribution in [0.1, 0.15) is 11.1 Å². The maximum absolute atomic E-state index is 8.65. The molecule has 0 fully saturated rings. The second kappa shape index (κ2) is 4.40. The van der Waals surface area contributed by atoms with Gasteiger partial charge in [0, 0.05) is 13.6 Å². The van der Waals surface area contributed by atoms with Crippen LogP contribution < -0.4 is 5.32 Å². The molecule has 1 N–H and O–H groups in total. The zero-order chi connectivity index (χ0) is 11.4. The van der Waals surface area contributed by atoms with Crippen molar-refractivity contribution < 1.29 is 0 Å². The predicted molar refractivity (Wildman–Crippen MR) is 57.3 cm³/mol. The van der Waals surface area contributed by atoms with E-state index in [4.69, 9.17) is 5.26 Å². The first-order valence-electron chi connectivity index (χ1n) is 4.75. The van der Waals surface area contributed by atoms with Crippen LogP contribution in [0.3, 0.4) is 0 Å². The van der Waals surface area contributed by atoms with Crippen LogP contribution in [0, 0.1) is 11.3 Å². The predicted octanol–water partition coefficient (Wildman–Crippen LogP) is 0.694. The van der Waals surface area contributed by atoms with Crippen molar-refractivity contribution in [2.45, 2.75) is 6.54 Å². The van der Waals surface area contributed by atoms with Crippen LogP contribution >= 0.6 is 0 Å². The Morgan fingerprint density at radius 2 is 2.12 bits per heavy atom. The lowest BCUT2D eigenvalue weighted by Gasteiger charge is -2.03. The SMILES string of the molecule is Cn1nnnc1NCc1ccc(C#N)cc1. The van der Waals surface area contributed by atoms with Gasteiger partial charge in [0.05, 0.1) is 11.6 Å². The highest BCUT2D eigenvalue weighted by molar-refractivity contribution is 5.33. The molecule has 1 heterocycles. The smallest absolute Gasteiger partial charge is 0.242 e. The highest BCUT2D eigenvalue weighted by atomic mass is 15.6. The van der Waals surface area contributed by atoms with E-state index >= 15 is 0 Å². The number of nitrogens with zero attached hydrogens (tertiary/aromatic N) is 5. The molecule has 0 amide bonds. The molecule has 1 aromatic carbocycles. The van der Waals surface area contributed by atoms with E-state index < -0.39 is 0 Å². The maximum Gasteiger partial charge on any atom is 0.242 e. The monoisotopic (exact) mass is 214 g/mol. The van der Waals surface area contributed by atoms with Crippen molar-refractivity contribution in [3.63, 3.8) is 0 Å². The van der Waals surface area contributed by atoms with Crippen LogP contribution in [0.2, 0.25) is 0 Å². The van der Waals surface area contributed by atoms with E-state index in [1.807, 2.05) is 12.1 Å². The number of rotatable bonds is 3. The molecule has 0 aliphatic carbocycles. The van der Waals surface area contributed by atoms with Crippen molar-refractivity contribution in [3.8, 4) is 6.07 Å². The number of benzene rings is 1. The molecule has 2 rings (SSSR count). The third-order valence-electron chi connectivity index (χ3n) is 2.15. The summed E-state index contributed by atoms with van der Waals surface area (Å²) >= 11 is 0. The third kappa shape index (κ3) is 2.15. The number of hydrogen-bond acceptors (Lipinski definition) is 5. The largest absolute Gasteiger partial charge is 0.349 e. The van der Waals surface area contributed by atoms with Gasteiger partial charge in [0.25, 0.3) is 0 Å². The molecule has 16 heavy (non-hydrogen) atoms. The second-order valence-electron chi connectivity index (χ2n) is 3.29. The summed E-state index contributed by atoms with van der Waals surface area (Å²) in [6, 6.07) is 9.44. The number of aryl methyl sites for hydroxylation is 1. The summed E-state index contributed by atoms with van der Waals surface area (Å²) in [7, 11) is 1.76. The third-order valence-corrected chi connectivity index (χ3v) is 2.15. The molecule has 0 unspecified atom stereocenters. The number of nitriles is 1. The Morgan fingerprint density at radius 1 is 1.38 bits per heavy atom. The number of hydrogen-bond donors (Lipinski definition) is 1. The Hall–Kier alpha value is -2.42. The lowest BCUT2D eigenvalue weighted by Crippen LogP contribution is -2.05. The van der Waals surface area contributed by atoms with Gasteiger partial charge in [-0.25, -0.2) is 4.68 Å². The molecule has 2 aromatic rings. The minimum Gasteiger partial charge on any atom is -0.349 e. The molecule has 80 valence electrons. The number of anilines is 1. The van der Waals surface area contributed by atoms with E-state index in [0.29, 0.717) is 18.1 Å². The molecule has 0 bridgehead atoms. The second-order valence-corrected chi connectivity index (χ2v) is 3.29.